The molecular formula is C7H13Cl. The Labute approximate surface area is 56.2 Å². The Bertz CT molecular complexity index is 74.5. The third-order valence-electron chi connectivity index (χ3n) is 1.77. The largest absolute Gasteiger partial charge is 0.119 e. The standard InChI is InChI=1S/C7H13Cl/c1-2-3-4-7(8)5-6-7/h2-6H2,1H3. The summed E-state index contributed by atoms with van der Waals surface area (Å²) in [6, 6.07) is 0. The van der Waals surface area contributed by atoms with Gasteiger partial charge in [0.1, 0.15) is 0 Å². The Hall–Kier alpha value is 0.290. The van der Waals surface area contributed by atoms with Crippen molar-refractivity contribution in [1.29, 1.82) is 0 Å². The van der Waals surface area contributed by atoms with Gasteiger partial charge in [0.05, 0.1) is 0 Å². The van der Waals surface area contributed by atoms with E-state index < -0.39 is 0 Å². The molecule has 1 aliphatic rings. The molecule has 0 aromatic heterocycles. The first-order valence-electron chi connectivity index (χ1n) is 3.46. The number of hydrogen-bond donors (Lipinski definition) is 0. The van der Waals surface area contributed by atoms with E-state index >= 15 is 0 Å². The summed E-state index contributed by atoms with van der Waals surface area (Å²) in [6.45, 7) is 2.21. The first-order valence-corrected chi connectivity index (χ1v) is 3.83. The van der Waals surface area contributed by atoms with Crippen LogP contribution in [-0.4, -0.2) is 4.87 Å². The molecule has 0 heterocycles. The van der Waals surface area contributed by atoms with E-state index in [4.69, 9.17) is 11.6 Å². The van der Waals surface area contributed by atoms with Gasteiger partial charge in [-0.3, -0.25) is 0 Å². The molecule has 48 valence electrons. The van der Waals surface area contributed by atoms with Crippen LogP contribution < -0.4 is 0 Å². The summed E-state index contributed by atoms with van der Waals surface area (Å²) in [4.78, 5) is 0.274. The predicted molar refractivity (Wildman–Crippen MR) is 37.3 cm³/mol. The predicted octanol–water partition coefficient (Wildman–Crippen LogP) is 2.95. The van der Waals surface area contributed by atoms with Gasteiger partial charge in [0, 0.05) is 4.87 Å². The molecule has 0 aliphatic heterocycles. The Kier molecular flexibility index (Phi) is 1.81. The second-order valence-electron chi connectivity index (χ2n) is 2.75. The summed E-state index contributed by atoms with van der Waals surface area (Å²) in [5.74, 6) is 0. The van der Waals surface area contributed by atoms with Crippen molar-refractivity contribution in [2.24, 2.45) is 0 Å². The van der Waals surface area contributed by atoms with Gasteiger partial charge in [0.2, 0.25) is 0 Å². The van der Waals surface area contributed by atoms with Crippen LogP contribution in [0.4, 0.5) is 0 Å². The highest BCUT2D eigenvalue weighted by molar-refractivity contribution is 6.25. The Morgan fingerprint density at radius 2 is 2.12 bits per heavy atom. The quantitative estimate of drug-likeness (QED) is 0.518. The zero-order valence-electron chi connectivity index (χ0n) is 5.41. The van der Waals surface area contributed by atoms with Gasteiger partial charge in [-0.2, -0.15) is 0 Å². The molecule has 0 atom stereocenters. The molecular weight excluding hydrogens is 120 g/mol. The van der Waals surface area contributed by atoms with E-state index in [1.165, 1.54) is 32.1 Å². The van der Waals surface area contributed by atoms with Crippen LogP contribution in [0.25, 0.3) is 0 Å². The normalized spacial score (nSPS) is 23.2. The zero-order chi connectivity index (χ0) is 6.04. The molecule has 1 rings (SSSR count). The van der Waals surface area contributed by atoms with Crippen molar-refractivity contribution in [2.45, 2.75) is 43.9 Å². The van der Waals surface area contributed by atoms with Crippen molar-refractivity contribution < 1.29 is 0 Å². The molecule has 0 N–H and O–H groups in total. The van der Waals surface area contributed by atoms with Crippen LogP contribution in [0.15, 0.2) is 0 Å². The minimum absolute atomic E-state index is 0.274. The van der Waals surface area contributed by atoms with Crippen LogP contribution in [-0.2, 0) is 0 Å². The number of unbranched alkanes of at least 4 members (excludes halogenated alkanes) is 1. The summed E-state index contributed by atoms with van der Waals surface area (Å²) in [6.07, 6.45) is 6.35. The molecule has 0 nitrogen and oxygen atoms in total. The number of rotatable bonds is 3. The van der Waals surface area contributed by atoms with E-state index in [2.05, 4.69) is 6.92 Å². The van der Waals surface area contributed by atoms with E-state index in [1.807, 2.05) is 0 Å². The molecule has 1 heteroatoms. The lowest BCUT2D eigenvalue weighted by Gasteiger charge is -2.01. The van der Waals surface area contributed by atoms with Gasteiger partial charge in [-0.1, -0.05) is 19.8 Å². The SMILES string of the molecule is CCCCC1(Cl)CC1. The molecule has 0 saturated heterocycles. The average molecular weight is 133 g/mol. The average Bonchev–Trinajstić information content (AvgIpc) is 2.45. The molecule has 1 aliphatic carbocycles. The molecule has 1 fully saturated rings. The molecule has 8 heavy (non-hydrogen) atoms. The molecule has 1 saturated carbocycles. The van der Waals surface area contributed by atoms with Gasteiger partial charge in [-0.05, 0) is 19.3 Å². The Morgan fingerprint density at radius 1 is 1.50 bits per heavy atom. The second kappa shape index (κ2) is 2.26. The number of halogens is 1. The minimum Gasteiger partial charge on any atom is -0.119 e. The summed E-state index contributed by atoms with van der Waals surface area (Å²) in [5, 5.41) is 0. The van der Waals surface area contributed by atoms with Crippen molar-refractivity contribution in [3.8, 4) is 0 Å². The molecule has 0 bridgehead atoms. The molecule has 0 amide bonds. The topological polar surface area (TPSA) is 0 Å². The maximum Gasteiger partial charge on any atom is 0.0448 e. The Balaban J connectivity index is 2.01. The van der Waals surface area contributed by atoms with Crippen LogP contribution in [0, 0.1) is 0 Å². The van der Waals surface area contributed by atoms with E-state index in [9.17, 15) is 0 Å². The minimum atomic E-state index is 0.274. The maximum absolute atomic E-state index is 6.02. The molecule has 0 radical (unpaired) electrons. The molecule has 0 spiro atoms. The number of hydrogen-bond acceptors (Lipinski definition) is 0. The summed E-state index contributed by atoms with van der Waals surface area (Å²) >= 11 is 6.02. The van der Waals surface area contributed by atoms with Crippen molar-refractivity contribution in [3.63, 3.8) is 0 Å². The first kappa shape index (κ1) is 6.41. The van der Waals surface area contributed by atoms with Gasteiger partial charge < -0.3 is 0 Å². The fourth-order valence-corrected chi connectivity index (χ4v) is 1.11. The first-order chi connectivity index (χ1) is 3.77. The van der Waals surface area contributed by atoms with Crippen molar-refractivity contribution >= 4 is 11.6 Å². The number of alkyl halides is 1. The zero-order valence-corrected chi connectivity index (χ0v) is 6.17. The van der Waals surface area contributed by atoms with Crippen molar-refractivity contribution in [1.82, 2.24) is 0 Å². The van der Waals surface area contributed by atoms with E-state index in [-0.39, 0.29) is 4.87 Å². The van der Waals surface area contributed by atoms with E-state index in [0.717, 1.165) is 0 Å². The van der Waals surface area contributed by atoms with Crippen molar-refractivity contribution in [3.05, 3.63) is 0 Å². The van der Waals surface area contributed by atoms with E-state index in [0.29, 0.717) is 0 Å². The highest BCUT2D eigenvalue weighted by Crippen LogP contribution is 2.46. The van der Waals surface area contributed by atoms with Gasteiger partial charge in [-0.25, -0.2) is 0 Å². The van der Waals surface area contributed by atoms with Crippen LogP contribution in [0.1, 0.15) is 39.0 Å². The van der Waals surface area contributed by atoms with Gasteiger partial charge in [0.25, 0.3) is 0 Å². The molecule has 0 aromatic rings. The van der Waals surface area contributed by atoms with Crippen LogP contribution in [0.5, 0.6) is 0 Å². The molecule has 0 unspecified atom stereocenters. The fourth-order valence-electron chi connectivity index (χ4n) is 0.879. The smallest absolute Gasteiger partial charge is 0.0448 e. The molecule has 0 aromatic carbocycles. The van der Waals surface area contributed by atoms with Crippen LogP contribution >= 0.6 is 11.6 Å². The lowest BCUT2D eigenvalue weighted by atomic mass is 10.2. The monoisotopic (exact) mass is 132 g/mol. The summed E-state index contributed by atoms with van der Waals surface area (Å²) < 4.78 is 0. The van der Waals surface area contributed by atoms with Crippen molar-refractivity contribution in [2.75, 3.05) is 0 Å². The highest BCUT2D eigenvalue weighted by Gasteiger charge is 2.39. The third kappa shape index (κ3) is 1.66. The Morgan fingerprint density at radius 3 is 2.50 bits per heavy atom. The maximum atomic E-state index is 6.02. The summed E-state index contributed by atoms with van der Waals surface area (Å²) in [7, 11) is 0. The summed E-state index contributed by atoms with van der Waals surface area (Å²) in [5.41, 5.74) is 0. The second-order valence-corrected chi connectivity index (χ2v) is 3.56. The lowest BCUT2D eigenvalue weighted by molar-refractivity contribution is 0.678. The van der Waals surface area contributed by atoms with Gasteiger partial charge >= 0.3 is 0 Å². The van der Waals surface area contributed by atoms with E-state index in [1.54, 1.807) is 0 Å². The fraction of sp³-hybridized carbons (Fsp3) is 1.00. The van der Waals surface area contributed by atoms with Gasteiger partial charge in [0.15, 0.2) is 0 Å². The third-order valence-corrected chi connectivity index (χ3v) is 2.34. The lowest BCUT2D eigenvalue weighted by Crippen LogP contribution is -1.94. The van der Waals surface area contributed by atoms with Gasteiger partial charge in [-0.15, -0.1) is 11.6 Å². The highest BCUT2D eigenvalue weighted by atomic mass is 35.5. The van der Waals surface area contributed by atoms with Crippen LogP contribution in [0.3, 0.4) is 0 Å². The van der Waals surface area contributed by atoms with Crippen LogP contribution in [0.2, 0.25) is 0 Å².